The van der Waals surface area contributed by atoms with E-state index >= 15 is 0 Å². The zero-order valence-electron chi connectivity index (χ0n) is 15.7. The van der Waals surface area contributed by atoms with E-state index in [9.17, 15) is 0 Å². The summed E-state index contributed by atoms with van der Waals surface area (Å²) < 4.78 is 11.7. The number of hydrogen-bond donors (Lipinski definition) is 1. The Hall–Kier alpha value is -1.08. The van der Waals surface area contributed by atoms with Gasteiger partial charge >= 0.3 is 0 Å². The molecule has 1 saturated heterocycles. The minimum atomic E-state index is -1.54. The lowest BCUT2D eigenvalue weighted by molar-refractivity contribution is 0.0991. The van der Waals surface area contributed by atoms with E-state index in [1.807, 2.05) is 13.0 Å². The van der Waals surface area contributed by atoms with E-state index in [0.717, 1.165) is 42.2 Å². The summed E-state index contributed by atoms with van der Waals surface area (Å²) in [5, 5.41) is 1.62. The number of aromatic nitrogens is 2. The molecule has 1 aliphatic rings. The molecule has 0 saturated carbocycles. The molecule has 0 aromatic carbocycles. The first kappa shape index (κ1) is 18.7. The number of nitrogens with one attached hydrogen (secondary N) is 1. The molecule has 3 rings (SSSR count). The Balaban J connectivity index is 2.09. The molecule has 2 aromatic rings. The quantitative estimate of drug-likeness (QED) is 0.616. The van der Waals surface area contributed by atoms with Crippen LogP contribution in [0, 0.1) is 0 Å². The number of H-pyrrole nitrogens is 1. The highest BCUT2D eigenvalue weighted by Crippen LogP contribution is 2.35. The Labute approximate surface area is 155 Å². The number of anilines is 1. The van der Waals surface area contributed by atoms with Crippen LogP contribution in [0.3, 0.4) is 0 Å². The predicted molar refractivity (Wildman–Crippen MR) is 106 cm³/mol. The van der Waals surface area contributed by atoms with Gasteiger partial charge in [0.15, 0.2) is 0 Å². The zero-order chi connectivity index (χ0) is 18.2. The maximum Gasteiger partial charge on any atom is 0.141 e. The van der Waals surface area contributed by atoms with Gasteiger partial charge in [-0.3, -0.25) is 0 Å². The molecule has 1 aliphatic heterocycles. The lowest BCUT2D eigenvalue weighted by Gasteiger charge is -2.35. The summed E-state index contributed by atoms with van der Waals surface area (Å²) in [6.07, 6.45) is 0. The monoisotopic (exact) mass is 381 g/mol. The van der Waals surface area contributed by atoms with Crippen molar-refractivity contribution in [2.24, 2.45) is 0 Å². The van der Waals surface area contributed by atoms with Crippen molar-refractivity contribution in [3.05, 3.63) is 23.0 Å². The van der Waals surface area contributed by atoms with Crippen LogP contribution in [0.15, 0.2) is 12.1 Å². The molecule has 5 nitrogen and oxygen atoms in total. The minimum absolute atomic E-state index is 0.112. The number of nitrogens with zero attached hydrogens (tertiary/aromatic N) is 2. The topological polar surface area (TPSA) is 50.4 Å². The van der Waals surface area contributed by atoms with Gasteiger partial charge in [0.25, 0.3) is 0 Å². The molecule has 25 heavy (non-hydrogen) atoms. The number of fused-ring (bicyclic) bond motifs is 1. The highest BCUT2D eigenvalue weighted by molar-refractivity contribution is 6.77. The molecule has 138 valence electrons. The molecule has 1 N–H and O–H groups in total. The van der Waals surface area contributed by atoms with Crippen molar-refractivity contribution in [2.75, 3.05) is 31.3 Å². The van der Waals surface area contributed by atoms with Gasteiger partial charge in [0, 0.05) is 30.3 Å². The smallest absolute Gasteiger partial charge is 0.141 e. The number of rotatable bonds is 5. The van der Waals surface area contributed by atoms with Crippen LogP contribution in [0.1, 0.15) is 25.3 Å². The van der Waals surface area contributed by atoms with Crippen LogP contribution in [0.2, 0.25) is 24.8 Å². The molecule has 2 aromatic heterocycles. The van der Waals surface area contributed by atoms with Crippen molar-refractivity contribution in [3.63, 3.8) is 0 Å². The maximum absolute atomic E-state index is 6.32. The minimum Gasteiger partial charge on any atom is -0.377 e. The Morgan fingerprint density at radius 1 is 1.44 bits per heavy atom. The third-order valence-electron chi connectivity index (χ3n) is 4.65. The second-order valence-corrected chi connectivity index (χ2v) is 13.4. The SMILES string of the molecule is CCOC(c1cc2c(N3CCOC[C@H]3C)cc(Cl)nc2[nH]1)[Si](C)(C)C. The van der Waals surface area contributed by atoms with Gasteiger partial charge in [-0.05, 0) is 26.0 Å². The first-order valence-corrected chi connectivity index (χ1v) is 12.9. The fourth-order valence-corrected chi connectivity index (χ4v) is 5.46. The Morgan fingerprint density at radius 3 is 2.84 bits per heavy atom. The highest BCUT2D eigenvalue weighted by atomic mass is 35.5. The fraction of sp³-hybridized carbons (Fsp3) is 0.611. The second-order valence-electron chi connectivity index (χ2n) is 7.77. The molecule has 2 atom stereocenters. The number of aromatic amines is 1. The molecule has 0 amide bonds. The lowest BCUT2D eigenvalue weighted by Crippen LogP contribution is -2.43. The van der Waals surface area contributed by atoms with Crippen LogP contribution in [-0.2, 0) is 9.47 Å². The van der Waals surface area contributed by atoms with Crippen molar-refractivity contribution in [1.29, 1.82) is 0 Å². The second kappa shape index (κ2) is 7.27. The van der Waals surface area contributed by atoms with E-state index < -0.39 is 8.07 Å². The Morgan fingerprint density at radius 2 is 2.20 bits per heavy atom. The molecule has 0 radical (unpaired) electrons. The number of morpholine rings is 1. The van der Waals surface area contributed by atoms with Crippen molar-refractivity contribution in [1.82, 2.24) is 9.97 Å². The number of hydrogen-bond acceptors (Lipinski definition) is 4. The van der Waals surface area contributed by atoms with E-state index in [0.29, 0.717) is 17.8 Å². The van der Waals surface area contributed by atoms with Crippen LogP contribution in [0.5, 0.6) is 0 Å². The van der Waals surface area contributed by atoms with Crippen molar-refractivity contribution in [3.8, 4) is 0 Å². The summed E-state index contributed by atoms with van der Waals surface area (Å²) in [6, 6.07) is 4.48. The summed E-state index contributed by atoms with van der Waals surface area (Å²) in [5.74, 6) is 0. The van der Waals surface area contributed by atoms with Crippen molar-refractivity contribution in [2.45, 2.75) is 45.3 Å². The summed E-state index contributed by atoms with van der Waals surface area (Å²) in [7, 11) is -1.54. The van der Waals surface area contributed by atoms with E-state index in [4.69, 9.17) is 21.1 Å². The maximum atomic E-state index is 6.32. The zero-order valence-corrected chi connectivity index (χ0v) is 17.5. The molecule has 0 bridgehead atoms. The summed E-state index contributed by atoms with van der Waals surface area (Å²) >= 11 is 6.32. The first-order valence-electron chi connectivity index (χ1n) is 8.96. The van der Waals surface area contributed by atoms with Gasteiger partial charge in [-0.15, -0.1) is 0 Å². The van der Waals surface area contributed by atoms with Gasteiger partial charge in [-0.25, -0.2) is 4.98 Å². The number of pyridine rings is 1. The van der Waals surface area contributed by atoms with Gasteiger partial charge in [0.2, 0.25) is 0 Å². The lowest BCUT2D eigenvalue weighted by atomic mass is 10.2. The molecule has 0 aliphatic carbocycles. The van der Waals surface area contributed by atoms with Crippen LogP contribution in [-0.4, -0.2) is 50.4 Å². The largest absolute Gasteiger partial charge is 0.377 e. The van der Waals surface area contributed by atoms with Crippen LogP contribution >= 0.6 is 11.6 Å². The van der Waals surface area contributed by atoms with E-state index in [1.54, 1.807) is 0 Å². The Kier molecular flexibility index (Phi) is 5.44. The van der Waals surface area contributed by atoms with Gasteiger partial charge in [-0.1, -0.05) is 31.2 Å². The molecular formula is C18H28ClN3O2Si. The summed E-state index contributed by atoms with van der Waals surface area (Å²) in [4.78, 5) is 10.4. The van der Waals surface area contributed by atoms with Gasteiger partial charge in [0.05, 0.1) is 32.7 Å². The van der Waals surface area contributed by atoms with E-state index in [2.05, 4.69) is 47.5 Å². The first-order chi connectivity index (χ1) is 11.8. The fourth-order valence-electron chi connectivity index (χ4n) is 3.51. The van der Waals surface area contributed by atoms with Crippen LogP contribution < -0.4 is 4.90 Å². The van der Waals surface area contributed by atoms with Crippen molar-refractivity contribution >= 4 is 36.4 Å². The summed E-state index contributed by atoms with van der Waals surface area (Å²) in [5.41, 5.74) is 3.17. The van der Waals surface area contributed by atoms with Crippen LogP contribution in [0.25, 0.3) is 11.0 Å². The average Bonchev–Trinajstić information content (AvgIpc) is 2.94. The molecular weight excluding hydrogens is 354 g/mol. The van der Waals surface area contributed by atoms with Crippen LogP contribution in [0.4, 0.5) is 5.69 Å². The standard InChI is InChI=1S/C18H28ClN3O2Si/c1-6-24-18(25(3,4)5)14-9-13-15(10-16(19)21-17(13)20-14)22-7-8-23-11-12(22)2/h9-10,12,18H,6-8,11H2,1-5H3,(H,20,21)/t12-,18?/m1/s1. The van der Waals surface area contributed by atoms with E-state index in [1.165, 1.54) is 0 Å². The third-order valence-corrected chi connectivity index (χ3v) is 6.89. The normalized spacial score (nSPS) is 20.2. The van der Waals surface area contributed by atoms with E-state index in [-0.39, 0.29) is 5.73 Å². The third kappa shape index (κ3) is 3.87. The Bertz CT molecular complexity index is 744. The van der Waals surface area contributed by atoms with Gasteiger partial charge < -0.3 is 19.4 Å². The van der Waals surface area contributed by atoms with Crippen molar-refractivity contribution < 1.29 is 9.47 Å². The molecule has 1 unspecified atom stereocenters. The molecule has 1 fully saturated rings. The molecule has 3 heterocycles. The molecule has 7 heteroatoms. The average molecular weight is 382 g/mol. The molecule has 0 spiro atoms. The van der Waals surface area contributed by atoms with Gasteiger partial charge in [-0.2, -0.15) is 0 Å². The predicted octanol–water partition coefficient (Wildman–Crippen LogP) is 4.40. The van der Waals surface area contributed by atoms with Gasteiger partial charge in [0.1, 0.15) is 10.8 Å². The highest BCUT2D eigenvalue weighted by Gasteiger charge is 2.31. The number of ether oxygens (including phenoxy) is 2. The number of halogens is 1. The summed E-state index contributed by atoms with van der Waals surface area (Å²) in [6.45, 7) is 14.2.